The van der Waals surface area contributed by atoms with Crippen molar-refractivity contribution in [2.45, 2.75) is 45.7 Å². The van der Waals surface area contributed by atoms with Gasteiger partial charge in [0.1, 0.15) is 5.00 Å². The Morgan fingerprint density at radius 2 is 1.91 bits per heavy atom. The normalized spacial score (nSPS) is 13.8. The number of carboxylic acids is 1. The number of rotatable bonds is 5. The molecule has 1 aliphatic rings. The highest BCUT2D eigenvalue weighted by molar-refractivity contribution is 7.15. The quantitative estimate of drug-likeness (QED) is 0.366. The standard InChI is InChI=1S/C24H22F3N3O3S/c1-13-10-16(12-28-29-21(31)15-6-5-7-17(11-15)24(25,26)27)14(2)30(13)22-20(23(32)33)18-8-3-4-9-19(18)34-22/h5-7,10-12H,3-4,8-9H2,1-2H3,(H,29,31)(H,32,33). The van der Waals surface area contributed by atoms with Crippen molar-refractivity contribution in [1.82, 2.24) is 9.99 Å². The summed E-state index contributed by atoms with van der Waals surface area (Å²) in [6, 6.07) is 5.92. The number of benzene rings is 1. The van der Waals surface area contributed by atoms with Gasteiger partial charge in [-0.2, -0.15) is 18.3 Å². The number of carbonyl (C=O) groups is 2. The van der Waals surface area contributed by atoms with Crippen LogP contribution in [0.25, 0.3) is 5.00 Å². The molecule has 0 bridgehead atoms. The van der Waals surface area contributed by atoms with Crippen molar-refractivity contribution in [2.24, 2.45) is 5.10 Å². The van der Waals surface area contributed by atoms with Gasteiger partial charge in [0.05, 0.1) is 17.3 Å². The lowest BCUT2D eigenvalue weighted by atomic mass is 9.95. The van der Waals surface area contributed by atoms with Gasteiger partial charge in [-0.25, -0.2) is 10.2 Å². The van der Waals surface area contributed by atoms with Crippen LogP contribution in [-0.2, 0) is 19.0 Å². The van der Waals surface area contributed by atoms with E-state index in [0.717, 1.165) is 65.7 Å². The number of thiophene rings is 1. The van der Waals surface area contributed by atoms with E-state index in [1.165, 1.54) is 23.6 Å². The molecule has 0 saturated carbocycles. The minimum Gasteiger partial charge on any atom is -0.478 e. The fourth-order valence-corrected chi connectivity index (χ4v) is 5.71. The Hall–Kier alpha value is -3.40. The fourth-order valence-electron chi connectivity index (χ4n) is 4.22. The number of aryl methyl sites for hydroxylation is 2. The second-order valence-electron chi connectivity index (χ2n) is 8.14. The van der Waals surface area contributed by atoms with Gasteiger partial charge in [0.15, 0.2) is 0 Å². The van der Waals surface area contributed by atoms with Gasteiger partial charge in [0, 0.05) is 27.4 Å². The number of halogens is 3. The molecule has 2 heterocycles. The molecule has 0 spiro atoms. The van der Waals surface area contributed by atoms with E-state index in [0.29, 0.717) is 16.1 Å². The third-order valence-electron chi connectivity index (χ3n) is 5.86. The van der Waals surface area contributed by atoms with Gasteiger partial charge in [-0.05, 0) is 69.4 Å². The van der Waals surface area contributed by atoms with Gasteiger partial charge in [-0.3, -0.25) is 4.79 Å². The Bertz CT molecular complexity index is 1300. The van der Waals surface area contributed by atoms with Crippen LogP contribution in [0.3, 0.4) is 0 Å². The van der Waals surface area contributed by atoms with Crippen LogP contribution in [0.5, 0.6) is 0 Å². The zero-order valence-electron chi connectivity index (χ0n) is 18.5. The molecule has 1 amide bonds. The van der Waals surface area contributed by atoms with Gasteiger partial charge in [0.25, 0.3) is 5.91 Å². The lowest BCUT2D eigenvalue weighted by molar-refractivity contribution is -0.137. The Balaban J connectivity index is 1.59. The Morgan fingerprint density at radius 1 is 1.18 bits per heavy atom. The van der Waals surface area contributed by atoms with Crippen LogP contribution < -0.4 is 5.43 Å². The van der Waals surface area contributed by atoms with Crippen molar-refractivity contribution < 1.29 is 27.9 Å². The number of amides is 1. The molecule has 10 heteroatoms. The summed E-state index contributed by atoms with van der Waals surface area (Å²) in [6.07, 6.45) is 0.485. The number of fused-ring (bicyclic) bond motifs is 1. The van der Waals surface area contributed by atoms with Gasteiger partial charge < -0.3 is 9.67 Å². The van der Waals surface area contributed by atoms with Crippen molar-refractivity contribution >= 4 is 29.4 Å². The van der Waals surface area contributed by atoms with Gasteiger partial charge in [-0.1, -0.05) is 6.07 Å². The molecule has 0 aliphatic heterocycles. The summed E-state index contributed by atoms with van der Waals surface area (Å²) in [4.78, 5) is 25.4. The fraction of sp³-hybridized carbons (Fsp3) is 0.292. The number of carbonyl (C=O) groups excluding carboxylic acids is 1. The van der Waals surface area contributed by atoms with E-state index in [1.807, 2.05) is 24.5 Å². The summed E-state index contributed by atoms with van der Waals surface area (Å²) in [6.45, 7) is 3.68. The smallest absolute Gasteiger partial charge is 0.416 e. The molecule has 4 rings (SSSR count). The highest BCUT2D eigenvalue weighted by Crippen LogP contribution is 2.38. The molecule has 3 aromatic rings. The van der Waals surface area contributed by atoms with E-state index < -0.39 is 23.6 Å². The average Bonchev–Trinajstić information content (AvgIpc) is 3.29. The SMILES string of the molecule is Cc1cc(C=NNC(=O)c2cccc(C(F)(F)F)c2)c(C)n1-c1sc2c(c1C(=O)O)CCCC2. The molecule has 0 atom stereocenters. The number of aromatic nitrogens is 1. The molecule has 2 N–H and O–H groups in total. The molecular formula is C24H22F3N3O3S. The molecular weight excluding hydrogens is 467 g/mol. The minimum atomic E-state index is -4.55. The number of carboxylic acid groups (broad SMARTS) is 1. The summed E-state index contributed by atoms with van der Waals surface area (Å²) in [5.74, 6) is -1.72. The van der Waals surface area contributed by atoms with Crippen LogP contribution in [0.1, 0.15) is 66.5 Å². The first-order valence-corrected chi connectivity index (χ1v) is 11.5. The van der Waals surface area contributed by atoms with Crippen molar-refractivity contribution in [3.63, 3.8) is 0 Å². The van der Waals surface area contributed by atoms with Gasteiger partial charge in [0.2, 0.25) is 0 Å². The van der Waals surface area contributed by atoms with Crippen LogP contribution in [-0.4, -0.2) is 27.8 Å². The summed E-state index contributed by atoms with van der Waals surface area (Å²) in [7, 11) is 0. The van der Waals surface area contributed by atoms with E-state index in [9.17, 15) is 27.9 Å². The Labute approximate surface area is 197 Å². The van der Waals surface area contributed by atoms with E-state index in [-0.39, 0.29) is 5.56 Å². The number of nitrogens with zero attached hydrogens (tertiary/aromatic N) is 2. The molecule has 0 fully saturated rings. The highest BCUT2D eigenvalue weighted by atomic mass is 32.1. The molecule has 1 aliphatic carbocycles. The summed E-state index contributed by atoms with van der Waals surface area (Å²) in [5.41, 5.74) is 4.64. The van der Waals surface area contributed by atoms with Crippen LogP contribution in [0.15, 0.2) is 35.4 Å². The molecule has 1 aromatic carbocycles. The maximum absolute atomic E-state index is 12.9. The molecule has 0 unspecified atom stereocenters. The number of alkyl halides is 3. The number of aromatic carboxylic acids is 1. The largest absolute Gasteiger partial charge is 0.478 e. The second kappa shape index (κ2) is 9.09. The number of hydrazone groups is 1. The van der Waals surface area contributed by atoms with Crippen LogP contribution in [0.4, 0.5) is 13.2 Å². The molecule has 178 valence electrons. The van der Waals surface area contributed by atoms with Crippen molar-refractivity contribution in [1.29, 1.82) is 0 Å². The number of nitrogens with one attached hydrogen (secondary N) is 1. The summed E-state index contributed by atoms with van der Waals surface area (Å²) in [5, 5.41) is 14.5. The predicted molar refractivity (Wildman–Crippen MR) is 123 cm³/mol. The summed E-state index contributed by atoms with van der Waals surface area (Å²) >= 11 is 1.49. The maximum Gasteiger partial charge on any atom is 0.416 e. The zero-order chi connectivity index (χ0) is 24.6. The monoisotopic (exact) mass is 489 g/mol. The van der Waals surface area contributed by atoms with Crippen molar-refractivity contribution in [3.05, 3.63) is 74.4 Å². The number of hydrogen-bond acceptors (Lipinski definition) is 4. The van der Waals surface area contributed by atoms with E-state index in [4.69, 9.17) is 0 Å². The Kier molecular flexibility index (Phi) is 6.35. The van der Waals surface area contributed by atoms with Crippen molar-refractivity contribution in [2.75, 3.05) is 0 Å². The van der Waals surface area contributed by atoms with Crippen molar-refractivity contribution in [3.8, 4) is 5.00 Å². The molecule has 34 heavy (non-hydrogen) atoms. The zero-order valence-corrected chi connectivity index (χ0v) is 19.3. The summed E-state index contributed by atoms with van der Waals surface area (Å²) < 4.78 is 40.5. The lowest BCUT2D eigenvalue weighted by Gasteiger charge is -2.11. The maximum atomic E-state index is 12.9. The topological polar surface area (TPSA) is 83.7 Å². The van der Waals surface area contributed by atoms with E-state index >= 15 is 0 Å². The first kappa shape index (κ1) is 23.7. The number of hydrogen-bond donors (Lipinski definition) is 2. The highest BCUT2D eigenvalue weighted by Gasteiger charge is 2.31. The molecule has 6 nitrogen and oxygen atoms in total. The average molecular weight is 490 g/mol. The third-order valence-corrected chi connectivity index (χ3v) is 7.14. The first-order chi connectivity index (χ1) is 16.1. The first-order valence-electron chi connectivity index (χ1n) is 10.7. The lowest BCUT2D eigenvalue weighted by Crippen LogP contribution is -2.18. The van der Waals surface area contributed by atoms with Gasteiger partial charge >= 0.3 is 12.1 Å². The predicted octanol–water partition coefficient (Wildman–Crippen LogP) is 5.52. The third kappa shape index (κ3) is 4.50. The van der Waals surface area contributed by atoms with Gasteiger partial charge in [-0.15, -0.1) is 11.3 Å². The van der Waals surface area contributed by atoms with Crippen LogP contribution >= 0.6 is 11.3 Å². The molecule has 0 radical (unpaired) electrons. The van der Waals surface area contributed by atoms with E-state index in [2.05, 4.69) is 10.5 Å². The van der Waals surface area contributed by atoms with Crippen LogP contribution in [0, 0.1) is 13.8 Å². The molecule has 0 saturated heterocycles. The van der Waals surface area contributed by atoms with Crippen LogP contribution in [0.2, 0.25) is 0 Å². The van der Waals surface area contributed by atoms with E-state index in [1.54, 1.807) is 0 Å². The second-order valence-corrected chi connectivity index (χ2v) is 9.22. The molecule has 2 aromatic heterocycles. The minimum absolute atomic E-state index is 0.160. The Morgan fingerprint density at radius 3 is 2.62 bits per heavy atom.